The molecule has 1 aliphatic rings. The third-order valence-electron chi connectivity index (χ3n) is 3.39. The van der Waals surface area contributed by atoms with Crippen molar-refractivity contribution >= 4 is 6.08 Å². The second-order valence-electron chi connectivity index (χ2n) is 4.80. The molecule has 106 valence electrons. The third kappa shape index (κ3) is 2.75. The fraction of sp³-hybridized carbons (Fsp3) is 0.118. The number of allylic oxidation sites excluding steroid dienone is 3. The molecule has 0 fully saturated rings. The number of halogens is 3. The molecule has 0 bridgehead atoms. The van der Waals surface area contributed by atoms with E-state index in [1.54, 1.807) is 12.3 Å². The predicted molar refractivity (Wildman–Crippen MR) is 76.6 cm³/mol. The molecule has 0 saturated carbocycles. The summed E-state index contributed by atoms with van der Waals surface area (Å²) in [5.41, 5.74) is 2.34. The molecule has 21 heavy (non-hydrogen) atoms. The maximum atomic E-state index is 12.8. The fourth-order valence-corrected chi connectivity index (χ4v) is 2.38. The van der Waals surface area contributed by atoms with Crippen molar-refractivity contribution in [2.45, 2.75) is 12.6 Å². The van der Waals surface area contributed by atoms with Gasteiger partial charge in [0.1, 0.15) is 0 Å². The molecule has 0 spiro atoms. The van der Waals surface area contributed by atoms with E-state index in [0.717, 1.165) is 29.7 Å². The van der Waals surface area contributed by atoms with Gasteiger partial charge in [0.05, 0.1) is 11.3 Å². The maximum Gasteiger partial charge on any atom is 0.416 e. The number of nitrogens with zero attached hydrogens (tertiary/aromatic N) is 1. The zero-order valence-corrected chi connectivity index (χ0v) is 11.1. The van der Waals surface area contributed by atoms with Crippen molar-refractivity contribution in [1.29, 1.82) is 0 Å². The van der Waals surface area contributed by atoms with E-state index in [0.29, 0.717) is 11.3 Å². The molecule has 0 saturated heterocycles. The highest BCUT2D eigenvalue weighted by Gasteiger charge is 2.30. The number of fused-ring (bicyclic) bond motifs is 1. The number of pyridine rings is 1. The number of alkyl halides is 3. The summed E-state index contributed by atoms with van der Waals surface area (Å²) in [5.74, 6) is 0. The predicted octanol–water partition coefficient (Wildman–Crippen LogP) is 4.89. The summed E-state index contributed by atoms with van der Waals surface area (Å²) in [6, 6.07) is 7.19. The number of rotatable bonds is 1. The van der Waals surface area contributed by atoms with E-state index in [1.165, 1.54) is 6.07 Å². The molecule has 0 aliphatic heterocycles. The molecule has 0 atom stereocenters. The molecular weight excluding hydrogens is 275 g/mol. The van der Waals surface area contributed by atoms with Crippen LogP contribution in [0.5, 0.6) is 0 Å². The lowest BCUT2D eigenvalue weighted by Gasteiger charge is -2.12. The molecule has 3 rings (SSSR count). The maximum absolute atomic E-state index is 12.8. The van der Waals surface area contributed by atoms with Crippen LogP contribution >= 0.6 is 0 Å². The fourth-order valence-electron chi connectivity index (χ4n) is 2.38. The zero-order valence-electron chi connectivity index (χ0n) is 11.1. The summed E-state index contributed by atoms with van der Waals surface area (Å²) in [6.07, 6.45) is 5.75. The third-order valence-corrected chi connectivity index (χ3v) is 3.39. The van der Waals surface area contributed by atoms with Crippen LogP contribution in [0.15, 0.2) is 54.8 Å². The lowest BCUT2D eigenvalue weighted by atomic mass is 9.98. The number of benzene rings is 1. The van der Waals surface area contributed by atoms with Crippen LogP contribution in [-0.4, -0.2) is 4.98 Å². The summed E-state index contributed by atoms with van der Waals surface area (Å²) in [7, 11) is 0. The Kier molecular flexibility index (Phi) is 3.37. The van der Waals surface area contributed by atoms with Crippen molar-refractivity contribution in [2.24, 2.45) is 0 Å². The highest BCUT2D eigenvalue weighted by molar-refractivity contribution is 5.75. The normalized spacial score (nSPS) is 13.9. The van der Waals surface area contributed by atoms with E-state index in [-0.39, 0.29) is 0 Å². The summed E-state index contributed by atoms with van der Waals surface area (Å²) in [4.78, 5) is 4.28. The monoisotopic (exact) mass is 287 g/mol. The van der Waals surface area contributed by atoms with Gasteiger partial charge < -0.3 is 0 Å². The Balaban J connectivity index is 2.14. The van der Waals surface area contributed by atoms with Gasteiger partial charge in [0, 0.05) is 17.3 Å². The van der Waals surface area contributed by atoms with Crippen LogP contribution in [0, 0.1) is 0 Å². The van der Waals surface area contributed by atoms with Gasteiger partial charge in [-0.05, 0) is 30.2 Å². The average Bonchev–Trinajstić information content (AvgIpc) is 2.71. The Morgan fingerprint density at radius 2 is 1.90 bits per heavy atom. The topological polar surface area (TPSA) is 12.9 Å². The van der Waals surface area contributed by atoms with E-state index in [1.807, 2.05) is 30.4 Å². The average molecular weight is 287 g/mol. The standard InChI is InChI=1S/C17H12F3N/c18-17(19,20)14-7-4-6-13(11-14)16-15-8-3-1-2-5-12(15)9-10-21-16/h1-4,6-11H,5H2. The van der Waals surface area contributed by atoms with Crippen molar-refractivity contribution < 1.29 is 13.2 Å². The van der Waals surface area contributed by atoms with Crippen LogP contribution in [0.2, 0.25) is 0 Å². The first-order chi connectivity index (χ1) is 10.1. The van der Waals surface area contributed by atoms with E-state index < -0.39 is 11.7 Å². The molecule has 1 aliphatic carbocycles. The van der Waals surface area contributed by atoms with E-state index in [9.17, 15) is 13.2 Å². The lowest BCUT2D eigenvalue weighted by molar-refractivity contribution is -0.137. The zero-order chi connectivity index (χ0) is 14.9. The SMILES string of the molecule is FC(F)(F)c1cccc(-c2nccc3c2C=CC=CC3)c1. The Morgan fingerprint density at radius 1 is 1.05 bits per heavy atom. The van der Waals surface area contributed by atoms with Crippen molar-refractivity contribution in [3.05, 3.63) is 71.4 Å². The first kappa shape index (κ1) is 13.6. The molecule has 1 aromatic heterocycles. The van der Waals surface area contributed by atoms with Gasteiger partial charge in [-0.1, -0.05) is 36.4 Å². The van der Waals surface area contributed by atoms with Crippen LogP contribution in [0.25, 0.3) is 17.3 Å². The van der Waals surface area contributed by atoms with E-state index in [2.05, 4.69) is 4.98 Å². The minimum absolute atomic E-state index is 0.480. The van der Waals surface area contributed by atoms with Crippen molar-refractivity contribution in [2.75, 3.05) is 0 Å². The van der Waals surface area contributed by atoms with Crippen molar-refractivity contribution in [1.82, 2.24) is 4.98 Å². The molecule has 2 aromatic rings. The molecule has 0 unspecified atom stereocenters. The first-order valence-corrected chi connectivity index (χ1v) is 6.54. The number of hydrogen-bond acceptors (Lipinski definition) is 1. The van der Waals surface area contributed by atoms with Gasteiger partial charge in [0.2, 0.25) is 0 Å². The summed E-state index contributed by atoms with van der Waals surface area (Å²) < 4.78 is 38.5. The summed E-state index contributed by atoms with van der Waals surface area (Å²) in [6.45, 7) is 0. The molecule has 4 heteroatoms. The minimum Gasteiger partial charge on any atom is -0.256 e. The highest BCUT2D eigenvalue weighted by atomic mass is 19.4. The molecule has 1 heterocycles. The number of aromatic nitrogens is 1. The van der Waals surface area contributed by atoms with Gasteiger partial charge >= 0.3 is 6.18 Å². The summed E-state index contributed by atoms with van der Waals surface area (Å²) in [5, 5.41) is 0. The van der Waals surface area contributed by atoms with Gasteiger partial charge in [-0.25, -0.2) is 0 Å². The van der Waals surface area contributed by atoms with Gasteiger partial charge in [-0.2, -0.15) is 13.2 Å². The van der Waals surface area contributed by atoms with Crippen LogP contribution in [0.4, 0.5) is 13.2 Å². The van der Waals surface area contributed by atoms with E-state index >= 15 is 0 Å². The lowest BCUT2D eigenvalue weighted by Crippen LogP contribution is -2.05. The molecule has 1 aromatic carbocycles. The quantitative estimate of drug-likeness (QED) is 0.727. The van der Waals surface area contributed by atoms with Gasteiger partial charge in [0.25, 0.3) is 0 Å². The second-order valence-corrected chi connectivity index (χ2v) is 4.80. The molecule has 1 nitrogen and oxygen atoms in total. The minimum atomic E-state index is -4.35. The van der Waals surface area contributed by atoms with Crippen LogP contribution in [0.3, 0.4) is 0 Å². The van der Waals surface area contributed by atoms with Gasteiger partial charge in [0.15, 0.2) is 0 Å². The van der Waals surface area contributed by atoms with Crippen molar-refractivity contribution in [3.8, 4) is 11.3 Å². The molecule has 0 N–H and O–H groups in total. The largest absolute Gasteiger partial charge is 0.416 e. The van der Waals surface area contributed by atoms with Crippen LogP contribution < -0.4 is 0 Å². The van der Waals surface area contributed by atoms with Crippen LogP contribution in [0.1, 0.15) is 16.7 Å². The molecular formula is C17H12F3N. The van der Waals surface area contributed by atoms with Gasteiger partial charge in [-0.3, -0.25) is 4.98 Å². The summed E-state index contributed by atoms with van der Waals surface area (Å²) >= 11 is 0. The molecule has 0 amide bonds. The van der Waals surface area contributed by atoms with Crippen molar-refractivity contribution in [3.63, 3.8) is 0 Å². The van der Waals surface area contributed by atoms with Crippen LogP contribution in [-0.2, 0) is 12.6 Å². The highest BCUT2D eigenvalue weighted by Crippen LogP contribution is 2.33. The van der Waals surface area contributed by atoms with Gasteiger partial charge in [-0.15, -0.1) is 0 Å². The Labute approximate surface area is 120 Å². The molecule has 0 radical (unpaired) electrons. The smallest absolute Gasteiger partial charge is 0.256 e. The Morgan fingerprint density at radius 3 is 2.71 bits per heavy atom. The van der Waals surface area contributed by atoms with E-state index in [4.69, 9.17) is 0 Å². The second kappa shape index (κ2) is 5.20. The Hall–Kier alpha value is -2.36. The first-order valence-electron chi connectivity index (χ1n) is 6.54. The number of hydrogen-bond donors (Lipinski definition) is 0. The Bertz CT molecular complexity index is 727.